The third-order valence-electron chi connectivity index (χ3n) is 4.90. The molecule has 26 heavy (non-hydrogen) atoms. The number of rotatable bonds is 5. The molecular weight excluding hydrogens is 364 g/mol. The number of hydrogen-bond donors (Lipinski definition) is 2. The third kappa shape index (κ3) is 4.39. The number of carbonyl (C=O) groups is 1. The normalized spacial score (nSPS) is 24.5. The van der Waals surface area contributed by atoms with Gasteiger partial charge in [-0.2, -0.15) is 4.31 Å². The highest BCUT2D eigenvalue weighted by Crippen LogP contribution is 2.24. The van der Waals surface area contributed by atoms with E-state index in [4.69, 9.17) is 0 Å². The average molecular weight is 387 g/mol. The average Bonchev–Trinajstić information content (AvgIpc) is 3.14. The maximum Gasteiger partial charge on any atom is 0.243 e. The van der Waals surface area contributed by atoms with Crippen LogP contribution < -0.4 is 10.6 Å². The first kappa shape index (κ1) is 19.2. The van der Waals surface area contributed by atoms with Crippen LogP contribution in [0.25, 0.3) is 0 Å². The van der Waals surface area contributed by atoms with Crippen molar-refractivity contribution in [3.8, 4) is 0 Å². The van der Waals surface area contributed by atoms with Crippen LogP contribution in [0.2, 0.25) is 0 Å². The Bertz CT molecular complexity index is 746. The van der Waals surface area contributed by atoms with Gasteiger partial charge in [0.1, 0.15) is 11.6 Å². The molecule has 0 radical (unpaired) electrons. The molecule has 6 nitrogen and oxygen atoms in total. The lowest BCUT2D eigenvalue weighted by molar-refractivity contribution is -0.123. The van der Waals surface area contributed by atoms with Crippen molar-refractivity contribution in [3.05, 3.63) is 29.8 Å². The maximum atomic E-state index is 13.4. The SMILES string of the molecule is O=C(NCC1CCCN(S(=O)(=O)c2cc(F)cc(F)c2)C1)C1CCCN1. The van der Waals surface area contributed by atoms with Gasteiger partial charge in [-0.25, -0.2) is 17.2 Å². The first-order chi connectivity index (χ1) is 12.4. The Hall–Kier alpha value is -1.58. The van der Waals surface area contributed by atoms with Gasteiger partial charge < -0.3 is 10.6 Å². The number of piperidine rings is 1. The second-order valence-corrected chi connectivity index (χ2v) is 8.81. The standard InChI is InChI=1S/C17H23F2N3O3S/c18-13-7-14(19)9-15(8-13)26(24,25)22-6-2-3-12(11-22)10-21-17(23)16-4-1-5-20-16/h7-9,12,16,20H,1-6,10-11H2,(H,21,23). The quantitative estimate of drug-likeness (QED) is 0.797. The molecule has 1 aromatic rings. The molecule has 0 aromatic heterocycles. The number of halogens is 2. The highest BCUT2D eigenvalue weighted by Gasteiger charge is 2.31. The molecule has 0 bridgehead atoms. The molecule has 2 aliphatic heterocycles. The Morgan fingerprint density at radius 3 is 2.58 bits per heavy atom. The van der Waals surface area contributed by atoms with E-state index in [9.17, 15) is 22.0 Å². The molecule has 0 spiro atoms. The summed E-state index contributed by atoms with van der Waals surface area (Å²) in [5.74, 6) is -1.93. The van der Waals surface area contributed by atoms with Crippen molar-refractivity contribution in [2.75, 3.05) is 26.2 Å². The minimum atomic E-state index is -3.97. The van der Waals surface area contributed by atoms with E-state index in [0.29, 0.717) is 25.6 Å². The van der Waals surface area contributed by atoms with E-state index in [0.717, 1.165) is 37.9 Å². The summed E-state index contributed by atoms with van der Waals surface area (Å²) in [6.07, 6.45) is 3.21. The number of sulfonamides is 1. The molecule has 1 aromatic carbocycles. The van der Waals surface area contributed by atoms with Crippen molar-refractivity contribution >= 4 is 15.9 Å². The van der Waals surface area contributed by atoms with Crippen molar-refractivity contribution in [1.82, 2.24) is 14.9 Å². The van der Waals surface area contributed by atoms with Crippen LogP contribution in [0.4, 0.5) is 8.78 Å². The van der Waals surface area contributed by atoms with Gasteiger partial charge in [0.2, 0.25) is 15.9 Å². The Morgan fingerprint density at radius 1 is 1.19 bits per heavy atom. The van der Waals surface area contributed by atoms with Gasteiger partial charge in [-0.1, -0.05) is 0 Å². The van der Waals surface area contributed by atoms with Crippen molar-refractivity contribution in [2.24, 2.45) is 5.92 Å². The molecule has 2 aliphatic rings. The largest absolute Gasteiger partial charge is 0.354 e. The minimum Gasteiger partial charge on any atom is -0.354 e. The predicted octanol–water partition coefficient (Wildman–Crippen LogP) is 1.23. The zero-order valence-electron chi connectivity index (χ0n) is 14.4. The number of amides is 1. The summed E-state index contributed by atoms with van der Waals surface area (Å²) in [5.41, 5.74) is 0. The lowest BCUT2D eigenvalue weighted by Gasteiger charge is -2.32. The van der Waals surface area contributed by atoms with Gasteiger partial charge in [0, 0.05) is 25.7 Å². The molecule has 0 saturated carbocycles. The summed E-state index contributed by atoms with van der Waals surface area (Å²) in [6, 6.07) is 2.13. The lowest BCUT2D eigenvalue weighted by atomic mass is 9.99. The topological polar surface area (TPSA) is 78.5 Å². The second kappa shape index (κ2) is 7.98. The van der Waals surface area contributed by atoms with E-state index in [1.165, 1.54) is 4.31 Å². The zero-order valence-corrected chi connectivity index (χ0v) is 15.2. The van der Waals surface area contributed by atoms with E-state index >= 15 is 0 Å². The number of benzene rings is 1. The van der Waals surface area contributed by atoms with Gasteiger partial charge >= 0.3 is 0 Å². The number of nitrogens with one attached hydrogen (secondary N) is 2. The van der Waals surface area contributed by atoms with E-state index in [-0.39, 0.29) is 29.3 Å². The van der Waals surface area contributed by atoms with Crippen molar-refractivity contribution in [1.29, 1.82) is 0 Å². The minimum absolute atomic E-state index is 0.0257. The predicted molar refractivity (Wildman–Crippen MR) is 91.9 cm³/mol. The molecule has 9 heteroatoms. The number of carbonyl (C=O) groups excluding carboxylic acids is 1. The van der Waals surface area contributed by atoms with Gasteiger partial charge in [0.15, 0.2) is 0 Å². The van der Waals surface area contributed by atoms with E-state index in [2.05, 4.69) is 10.6 Å². The van der Waals surface area contributed by atoms with Crippen molar-refractivity contribution in [2.45, 2.75) is 36.6 Å². The molecule has 2 unspecified atom stereocenters. The molecule has 0 aliphatic carbocycles. The fourth-order valence-corrected chi connectivity index (χ4v) is 5.11. The molecule has 144 valence electrons. The highest BCUT2D eigenvalue weighted by molar-refractivity contribution is 7.89. The summed E-state index contributed by atoms with van der Waals surface area (Å²) in [7, 11) is -3.97. The van der Waals surface area contributed by atoms with Crippen LogP contribution in [0.3, 0.4) is 0 Å². The molecule has 2 heterocycles. The molecule has 1 amide bonds. The van der Waals surface area contributed by atoms with Crippen LogP contribution >= 0.6 is 0 Å². The Morgan fingerprint density at radius 2 is 1.92 bits per heavy atom. The summed E-state index contributed by atoms with van der Waals surface area (Å²) >= 11 is 0. The van der Waals surface area contributed by atoms with Crippen LogP contribution in [-0.2, 0) is 14.8 Å². The van der Waals surface area contributed by atoms with E-state index in [1.807, 2.05) is 0 Å². The summed E-state index contributed by atoms with van der Waals surface area (Å²) in [4.78, 5) is 11.7. The maximum absolute atomic E-state index is 13.4. The smallest absolute Gasteiger partial charge is 0.243 e. The Balaban J connectivity index is 1.62. The zero-order chi connectivity index (χ0) is 18.7. The van der Waals surface area contributed by atoms with Crippen LogP contribution in [0.15, 0.2) is 23.1 Å². The van der Waals surface area contributed by atoms with Crippen LogP contribution in [0.1, 0.15) is 25.7 Å². The third-order valence-corrected chi connectivity index (χ3v) is 6.74. The number of nitrogens with zero attached hydrogens (tertiary/aromatic N) is 1. The molecule has 2 saturated heterocycles. The monoisotopic (exact) mass is 387 g/mol. The van der Waals surface area contributed by atoms with Crippen LogP contribution in [0.5, 0.6) is 0 Å². The van der Waals surface area contributed by atoms with Gasteiger partial charge in [0.05, 0.1) is 10.9 Å². The van der Waals surface area contributed by atoms with Gasteiger partial charge in [-0.3, -0.25) is 4.79 Å². The van der Waals surface area contributed by atoms with Gasteiger partial charge in [0.25, 0.3) is 0 Å². The fraction of sp³-hybridized carbons (Fsp3) is 0.588. The summed E-state index contributed by atoms with van der Waals surface area (Å²) in [5, 5.41) is 6.00. The summed E-state index contributed by atoms with van der Waals surface area (Å²) in [6.45, 7) is 1.74. The van der Waals surface area contributed by atoms with Crippen LogP contribution in [-0.4, -0.2) is 50.9 Å². The molecule has 2 atom stereocenters. The Labute approximate surface area is 152 Å². The lowest BCUT2D eigenvalue weighted by Crippen LogP contribution is -2.46. The van der Waals surface area contributed by atoms with Crippen LogP contribution in [0, 0.1) is 17.6 Å². The summed E-state index contributed by atoms with van der Waals surface area (Å²) < 4.78 is 53.4. The second-order valence-electron chi connectivity index (χ2n) is 6.87. The van der Waals surface area contributed by atoms with Crippen molar-refractivity contribution in [3.63, 3.8) is 0 Å². The number of hydrogen-bond acceptors (Lipinski definition) is 4. The Kier molecular flexibility index (Phi) is 5.89. The molecule has 2 fully saturated rings. The first-order valence-corrected chi connectivity index (χ1v) is 10.3. The first-order valence-electron chi connectivity index (χ1n) is 8.83. The van der Waals surface area contributed by atoms with Crippen molar-refractivity contribution < 1.29 is 22.0 Å². The van der Waals surface area contributed by atoms with Gasteiger partial charge in [-0.15, -0.1) is 0 Å². The highest BCUT2D eigenvalue weighted by atomic mass is 32.2. The molecular formula is C17H23F2N3O3S. The van der Waals surface area contributed by atoms with E-state index in [1.54, 1.807) is 0 Å². The fourth-order valence-electron chi connectivity index (χ4n) is 3.51. The van der Waals surface area contributed by atoms with Gasteiger partial charge in [-0.05, 0) is 50.3 Å². The molecule has 2 N–H and O–H groups in total. The molecule has 3 rings (SSSR count). The van der Waals surface area contributed by atoms with E-state index < -0.39 is 21.7 Å².